The minimum absolute atomic E-state index is 0.176. The molecule has 0 atom stereocenters. The lowest BCUT2D eigenvalue weighted by Crippen LogP contribution is -2.26. The van der Waals surface area contributed by atoms with Crippen LogP contribution >= 0.6 is 0 Å². The minimum atomic E-state index is -1.29. The Labute approximate surface area is 118 Å². The lowest BCUT2D eigenvalue weighted by atomic mass is 10.1. The van der Waals surface area contributed by atoms with E-state index in [-0.39, 0.29) is 17.8 Å². The zero-order valence-corrected chi connectivity index (χ0v) is 11.8. The van der Waals surface area contributed by atoms with Crippen molar-refractivity contribution < 1.29 is 30.0 Å². The first kappa shape index (κ1) is 23.0. The van der Waals surface area contributed by atoms with Crippen LogP contribution in [0.15, 0.2) is 49.6 Å². The van der Waals surface area contributed by atoms with Crippen molar-refractivity contribution in [3.63, 3.8) is 0 Å². The number of carbonyl (C=O) groups is 2. The summed E-state index contributed by atoms with van der Waals surface area (Å²) in [6.07, 6.45) is 2.47. The van der Waals surface area contributed by atoms with Gasteiger partial charge in [-0.25, -0.2) is 9.59 Å². The number of hydrogen-bond acceptors (Lipinski definition) is 4. The SMILES string of the molecule is C=C(C)C(=O)O.C=C(C)C(=O)O.C=CC(O)(C=C)CO. The molecule has 0 bridgehead atoms. The van der Waals surface area contributed by atoms with Gasteiger partial charge in [-0.05, 0) is 13.8 Å². The van der Waals surface area contributed by atoms with Crippen LogP contribution in [0, 0.1) is 0 Å². The second kappa shape index (κ2) is 11.9. The van der Waals surface area contributed by atoms with Crippen LogP contribution in [0.4, 0.5) is 0 Å². The van der Waals surface area contributed by atoms with Gasteiger partial charge in [0.1, 0.15) is 5.60 Å². The average Bonchev–Trinajstić information content (AvgIpc) is 2.39. The monoisotopic (exact) mass is 286 g/mol. The maximum atomic E-state index is 9.60. The first-order chi connectivity index (χ1) is 8.97. The molecule has 0 aromatic rings. The smallest absolute Gasteiger partial charge is 0.330 e. The van der Waals surface area contributed by atoms with Crippen LogP contribution in [0.2, 0.25) is 0 Å². The Morgan fingerprint density at radius 1 is 1.00 bits per heavy atom. The summed E-state index contributed by atoms with van der Waals surface area (Å²) in [5, 5.41) is 33.1. The third-order valence-electron chi connectivity index (χ3n) is 1.69. The molecule has 0 heterocycles. The van der Waals surface area contributed by atoms with Gasteiger partial charge in [0.15, 0.2) is 0 Å². The molecule has 4 N–H and O–H groups in total. The van der Waals surface area contributed by atoms with Crippen LogP contribution in [-0.2, 0) is 9.59 Å². The fraction of sp³-hybridized carbons (Fsp3) is 0.286. The van der Waals surface area contributed by atoms with Crippen molar-refractivity contribution in [2.24, 2.45) is 0 Å². The topological polar surface area (TPSA) is 115 Å². The number of rotatable bonds is 5. The molecule has 6 nitrogen and oxygen atoms in total. The quantitative estimate of drug-likeness (QED) is 0.448. The van der Waals surface area contributed by atoms with Crippen LogP contribution in [0.25, 0.3) is 0 Å². The van der Waals surface area contributed by atoms with Crippen molar-refractivity contribution in [2.45, 2.75) is 19.4 Å². The van der Waals surface area contributed by atoms with Gasteiger partial charge in [0.25, 0.3) is 0 Å². The highest BCUT2D eigenvalue weighted by atomic mass is 16.4. The van der Waals surface area contributed by atoms with Crippen LogP contribution < -0.4 is 0 Å². The molecular formula is C14H22O6. The predicted octanol–water partition coefficient (Wildman–Crippen LogP) is 1.38. The summed E-state index contributed by atoms with van der Waals surface area (Å²) in [6.45, 7) is 15.4. The van der Waals surface area contributed by atoms with Gasteiger partial charge in [0, 0.05) is 11.1 Å². The van der Waals surface area contributed by atoms with Crippen molar-refractivity contribution in [1.82, 2.24) is 0 Å². The van der Waals surface area contributed by atoms with E-state index in [1.54, 1.807) is 0 Å². The Hall–Kier alpha value is -2.18. The van der Waals surface area contributed by atoms with E-state index >= 15 is 0 Å². The van der Waals surface area contributed by atoms with Gasteiger partial charge in [-0.1, -0.05) is 38.5 Å². The van der Waals surface area contributed by atoms with Gasteiger partial charge in [-0.15, -0.1) is 0 Å². The molecule has 0 aliphatic carbocycles. The number of aliphatic hydroxyl groups excluding tert-OH is 1. The molecule has 0 aromatic carbocycles. The van der Waals surface area contributed by atoms with E-state index in [1.807, 2.05) is 0 Å². The Morgan fingerprint density at radius 3 is 1.20 bits per heavy atom. The van der Waals surface area contributed by atoms with Crippen LogP contribution in [-0.4, -0.2) is 44.6 Å². The Morgan fingerprint density at radius 2 is 1.20 bits per heavy atom. The van der Waals surface area contributed by atoms with Gasteiger partial charge < -0.3 is 20.4 Å². The molecular weight excluding hydrogens is 264 g/mol. The lowest BCUT2D eigenvalue weighted by Gasteiger charge is -2.14. The zero-order chi connectivity index (χ0) is 16.9. The number of carboxylic acids is 2. The number of hydrogen-bond donors (Lipinski definition) is 4. The Kier molecular flexibility index (Phi) is 13.6. The molecule has 0 spiro atoms. The van der Waals surface area contributed by atoms with Crippen molar-refractivity contribution in [1.29, 1.82) is 0 Å². The first-order valence-electron chi connectivity index (χ1n) is 5.35. The summed E-state index contributed by atoms with van der Waals surface area (Å²) < 4.78 is 0. The van der Waals surface area contributed by atoms with Gasteiger partial charge >= 0.3 is 11.9 Å². The summed E-state index contributed by atoms with van der Waals surface area (Å²) in [7, 11) is 0. The highest BCUT2D eigenvalue weighted by Crippen LogP contribution is 2.03. The average molecular weight is 286 g/mol. The van der Waals surface area contributed by atoms with Crippen molar-refractivity contribution >= 4 is 11.9 Å². The van der Waals surface area contributed by atoms with E-state index in [0.717, 1.165) is 0 Å². The summed E-state index contributed by atoms with van der Waals surface area (Å²) >= 11 is 0. The molecule has 0 aromatic heterocycles. The van der Waals surface area contributed by atoms with Crippen LogP contribution in [0.3, 0.4) is 0 Å². The summed E-state index contributed by atoms with van der Waals surface area (Å²) in [6, 6.07) is 0. The highest BCUT2D eigenvalue weighted by Gasteiger charge is 2.14. The lowest BCUT2D eigenvalue weighted by molar-refractivity contribution is -0.133. The summed E-state index contributed by atoms with van der Waals surface area (Å²) in [5.74, 6) is -1.87. The molecule has 0 saturated heterocycles. The number of carboxylic acid groups (broad SMARTS) is 2. The number of aliphatic carboxylic acids is 2. The molecule has 0 rings (SSSR count). The normalized spacial score (nSPS) is 8.80. The van der Waals surface area contributed by atoms with E-state index in [1.165, 1.54) is 26.0 Å². The standard InChI is InChI=1S/C6H10O2.2C4H6O2/c1-3-6(8,4-2)5-7;2*1-3(2)4(5)6/h3-4,7-8H,1-2,5H2;2*1H2,2H3,(H,5,6). The van der Waals surface area contributed by atoms with Crippen LogP contribution in [0.1, 0.15) is 13.8 Å². The maximum Gasteiger partial charge on any atom is 0.330 e. The second-order valence-corrected chi connectivity index (χ2v) is 3.73. The van der Waals surface area contributed by atoms with Crippen molar-refractivity contribution in [3.8, 4) is 0 Å². The largest absolute Gasteiger partial charge is 0.478 e. The van der Waals surface area contributed by atoms with Crippen LogP contribution in [0.5, 0.6) is 0 Å². The van der Waals surface area contributed by atoms with E-state index in [0.29, 0.717) is 0 Å². The molecule has 0 saturated carbocycles. The molecule has 6 heteroatoms. The number of aliphatic hydroxyl groups is 2. The third-order valence-corrected chi connectivity index (χ3v) is 1.69. The molecule has 0 fully saturated rings. The minimum Gasteiger partial charge on any atom is -0.478 e. The fourth-order valence-electron chi connectivity index (χ4n) is 0.212. The molecule has 0 amide bonds. The summed E-state index contributed by atoms with van der Waals surface area (Å²) in [5.41, 5.74) is -0.940. The molecule has 0 unspecified atom stereocenters. The molecule has 114 valence electrons. The Balaban J connectivity index is -0.000000221. The maximum absolute atomic E-state index is 9.60. The van der Waals surface area contributed by atoms with Gasteiger partial charge in [-0.2, -0.15) is 0 Å². The molecule has 20 heavy (non-hydrogen) atoms. The van der Waals surface area contributed by atoms with E-state index in [2.05, 4.69) is 26.3 Å². The molecule has 0 radical (unpaired) electrons. The van der Waals surface area contributed by atoms with Crippen molar-refractivity contribution in [2.75, 3.05) is 6.61 Å². The third kappa shape index (κ3) is 15.8. The van der Waals surface area contributed by atoms with E-state index in [9.17, 15) is 9.59 Å². The fourth-order valence-corrected chi connectivity index (χ4v) is 0.212. The van der Waals surface area contributed by atoms with Gasteiger partial charge in [0.2, 0.25) is 0 Å². The van der Waals surface area contributed by atoms with Gasteiger partial charge in [-0.3, -0.25) is 0 Å². The molecule has 0 aliphatic heterocycles. The van der Waals surface area contributed by atoms with E-state index in [4.69, 9.17) is 20.4 Å². The Bertz CT molecular complexity index is 325. The van der Waals surface area contributed by atoms with E-state index < -0.39 is 17.5 Å². The first-order valence-corrected chi connectivity index (χ1v) is 5.35. The van der Waals surface area contributed by atoms with Crippen molar-refractivity contribution in [3.05, 3.63) is 49.6 Å². The highest BCUT2D eigenvalue weighted by molar-refractivity contribution is 5.85. The zero-order valence-electron chi connectivity index (χ0n) is 11.8. The summed E-state index contributed by atoms with van der Waals surface area (Å²) in [4.78, 5) is 19.2. The van der Waals surface area contributed by atoms with Gasteiger partial charge in [0.05, 0.1) is 6.61 Å². The second-order valence-electron chi connectivity index (χ2n) is 3.73. The molecule has 0 aliphatic rings. The predicted molar refractivity (Wildman–Crippen MR) is 77.3 cm³/mol.